The van der Waals surface area contributed by atoms with Gasteiger partial charge in [0.25, 0.3) is 10.0 Å². The average molecular weight is 732 g/mol. The minimum Gasteiger partial charge on any atom is -0.350 e. The van der Waals surface area contributed by atoms with E-state index in [0.717, 1.165) is 9.87 Å². The lowest BCUT2D eigenvalue weighted by atomic mass is 10.0. The quantitative estimate of drug-likeness (QED) is 0.173. The summed E-state index contributed by atoms with van der Waals surface area (Å²) >= 11 is 16.1. The van der Waals surface area contributed by atoms with Crippen molar-refractivity contribution in [2.24, 2.45) is 0 Å². The molecule has 0 saturated carbocycles. The van der Waals surface area contributed by atoms with Crippen LogP contribution in [0.4, 0.5) is 5.69 Å². The lowest BCUT2D eigenvalue weighted by Crippen LogP contribution is -2.56. The van der Waals surface area contributed by atoms with E-state index in [1.165, 1.54) is 17.0 Å². The number of rotatable bonds is 11. The van der Waals surface area contributed by atoms with Crippen LogP contribution in [-0.2, 0) is 32.6 Å². The van der Waals surface area contributed by atoms with Gasteiger partial charge in [0.2, 0.25) is 11.8 Å². The number of benzene rings is 4. The fraction of sp³-hybridized carbons (Fsp3) is 0.235. The number of carbonyl (C=O) groups excluding carboxylic acids is 2. The summed E-state index contributed by atoms with van der Waals surface area (Å²) in [5, 5.41) is 3.74. The molecule has 11 heteroatoms. The molecule has 0 aliphatic rings. The maximum absolute atomic E-state index is 14.5. The van der Waals surface area contributed by atoms with Gasteiger partial charge in [-0.15, -0.1) is 0 Å². The monoisotopic (exact) mass is 729 g/mol. The lowest BCUT2D eigenvalue weighted by molar-refractivity contribution is -0.140. The van der Waals surface area contributed by atoms with E-state index in [4.69, 9.17) is 23.2 Å². The molecule has 0 aliphatic heterocycles. The molecule has 4 rings (SSSR count). The SMILES string of the molecule is CC(C)(C)NC(=O)[C@H](Cc1ccccc1)N(Cc1ccc(Cl)cc1Cl)C(=O)CN(c1cccc(Br)c1)S(=O)(=O)c1ccccc1. The van der Waals surface area contributed by atoms with Crippen molar-refractivity contribution >= 4 is 66.7 Å². The van der Waals surface area contributed by atoms with Gasteiger partial charge in [0, 0.05) is 33.0 Å². The molecule has 1 atom stereocenters. The van der Waals surface area contributed by atoms with Crippen LogP contribution in [0.1, 0.15) is 31.9 Å². The summed E-state index contributed by atoms with van der Waals surface area (Å²) in [6.45, 7) is 4.92. The van der Waals surface area contributed by atoms with Crippen molar-refractivity contribution in [1.29, 1.82) is 0 Å². The van der Waals surface area contributed by atoms with Gasteiger partial charge in [-0.25, -0.2) is 8.42 Å². The molecule has 0 fully saturated rings. The number of hydrogen-bond donors (Lipinski definition) is 1. The molecule has 0 bridgehead atoms. The molecular formula is C34H34BrCl2N3O4S. The maximum Gasteiger partial charge on any atom is 0.264 e. The Hall–Kier alpha value is -3.37. The number of nitrogens with one attached hydrogen (secondary N) is 1. The highest BCUT2D eigenvalue weighted by molar-refractivity contribution is 9.10. The van der Waals surface area contributed by atoms with Gasteiger partial charge < -0.3 is 10.2 Å². The zero-order valence-electron chi connectivity index (χ0n) is 25.1. The van der Waals surface area contributed by atoms with Crippen molar-refractivity contribution in [3.63, 3.8) is 0 Å². The van der Waals surface area contributed by atoms with E-state index in [1.54, 1.807) is 60.7 Å². The summed E-state index contributed by atoms with van der Waals surface area (Å²) in [7, 11) is -4.20. The highest BCUT2D eigenvalue weighted by Crippen LogP contribution is 2.28. The molecule has 0 saturated heterocycles. The van der Waals surface area contributed by atoms with Crippen molar-refractivity contribution in [3.05, 3.63) is 129 Å². The highest BCUT2D eigenvalue weighted by atomic mass is 79.9. The zero-order valence-corrected chi connectivity index (χ0v) is 29.0. The first-order chi connectivity index (χ1) is 21.2. The molecule has 0 aliphatic carbocycles. The summed E-state index contributed by atoms with van der Waals surface area (Å²) < 4.78 is 29.8. The van der Waals surface area contributed by atoms with E-state index in [2.05, 4.69) is 21.2 Å². The van der Waals surface area contributed by atoms with E-state index >= 15 is 0 Å². The zero-order chi connectivity index (χ0) is 32.8. The Balaban J connectivity index is 1.84. The first kappa shape index (κ1) is 34.5. The molecule has 0 heterocycles. The van der Waals surface area contributed by atoms with Gasteiger partial charge in [-0.2, -0.15) is 0 Å². The predicted octanol–water partition coefficient (Wildman–Crippen LogP) is 7.51. The van der Waals surface area contributed by atoms with Crippen molar-refractivity contribution in [2.75, 3.05) is 10.8 Å². The molecule has 1 N–H and O–H groups in total. The van der Waals surface area contributed by atoms with Gasteiger partial charge in [0.05, 0.1) is 10.6 Å². The Kier molecular flexibility index (Phi) is 11.4. The molecule has 7 nitrogen and oxygen atoms in total. The Morgan fingerprint density at radius 1 is 0.867 bits per heavy atom. The molecule has 45 heavy (non-hydrogen) atoms. The maximum atomic E-state index is 14.5. The minimum atomic E-state index is -4.20. The van der Waals surface area contributed by atoms with Gasteiger partial charge in [-0.1, -0.05) is 99.8 Å². The second-order valence-corrected chi connectivity index (χ2v) is 15.1. The van der Waals surface area contributed by atoms with Crippen LogP contribution in [0.2, 0.25) is 10.0 Å². The first-order valence-electron chi connectivity index (χ1n) is 14.2. The second kappa shape index (κ2) is 14.8. The molecule has 236 valence electrons. The largest absolute Gasteiger partial charge is 0.350 e. The van der Waals surface area contributed by atoms with Crippen LogP contribution in [0.25, 0.3) is 0 Å². The molecule has 0 unspecified atom stereocenters. The van der Waals surface area contributed by atoms with Gasteiger partial charge in [0.1, 0.15) is 12.6 Å². The first-order valence-corrected chi connectivity index (χ1v) is 17.2. The van der Waals surface area contributed by atoms with Gasteiger partial charge in [-0.3, -0.25) is 13.9 Å². The van der Waals surface area contributed by atoms with E-state index in [-0.39, 0.29) is 29.5 Å². The van der Waals surface area contributed by atoms with E-state index in [1.807, 2.05) is 51.1 Å². The Labute approximate surface area is 283 Å². The van der Waals surface area contributed by atoms with Gasteiger partial charge >= 0.3 is 0 Å². The Morgan fingerprint density at radius 3 is 2.11 bits per heavy atom. The molecule has 4 aromatic carbocycles. The van der Waals surface area contributed by atoms with Crippen molar-refractivity contribution in [1.82, 2.24) is 10.2 Å². The van der Waals surface area contributed by atoms with Crippen molar-refractivity contribution in [3.8, 4) is 0 Å². The molecule has 2 amide bonds. The van der Waals surface area contributed by atoms with Crippen LogP contribution in [0.3, 0.4) is 0 Å². The Morgan fingerprint density at radius 2 is 1.51 bits per heavy atom. The van der Waals surface area contributed by atoms with E-state index in [9.17, 15) is 18.0 Å². The number of amides is 2. The fourth-order valence-electron chi connectivity index (χ4n) is 4.72. The van der Waals surface area contributed by atoms with Crippen LogP contribution in [0.5, 0.6) is 0 Å². The minimum absolute atomic E-state index is 0.0244. The summed E-state index contributed by atoms with van der Waals surface area (Å²) in [6.07, 6.45) is 0.183. The number of carbonyl (C=O) groups is 2. The molecule has 0 aromatic heterocycles. The number of hydrogen-bond acceptors (Lipinski definition) is 4. The number of anilines is 1. The smallest absolute Gasteiger partial charge is 0.264 e. The van der Waals surface area contributed by atoms with E-state index in [0.29, 0.717) is 20.1 Å². The van der Waals surface area contributed by atoms with Gasteiger partial charge in [0.15, 0.2) is 0 Å². The third kappa shape index (κ3) is 9.33. The summed E-state index contributed by atoms with van der Waals surface area (Å²) in [6, 6.07) is 27.9. The third-order valence-electron chi connectivity index (χ3n) is 6.83. The normalized spacial score (nSPS) is 12.3. The van der Waals surface area contributed by atoms with Crippen molar-refractivity contribution in [2.45, 2.75) is 50.2 Å². The predicted molar refractivity (Wildman–Crippen MR) is 184 cm³/mol. The summed E-state index contributed by atoms with van der Waals surface area (Å²) in [5.41, 5.74) is 1.06. The average Bonchev–Trinajstić information content (AvgIpc) is 2.98. The lowest BCUT2D eigenvalue weighted by Gasteiger charge is -2.35. The standard InChI is InChI=1S/C34H34BrCl2N3O4S/c1-34(2,3)38-33(42)31(19-24-11-6-4-7-12-24)39(22-25-17-18-27(36)21-30(25)37)32(41)23-40(28-14-10-13-26(35)20-28)45(43,44)29-15-8-5-9-16-29/h4-18,20-21,31H,19,22-23H2,1-3H3,(H,38,42)/t31-/m0/s1. The van der Waals surface area contributed by atoms with Crippen molar-refractivity contribution < 1.29 is 18.0 Å². The molecule has 0 radical (unpaired) electrons. The number of nitrogens with zero attached hydrogens (tertiary/aromatic N) is 2. The van der Waals surface area contributed by atoms with Crippen LogP contribution >= 0.6 is 39.1 Å². The highest BCUT2D eigenvalue weighted by Gasteiger charge is 2.36. The number of sulfonamides is 1. The number of halogens is 3. The van der Waals surface area contributed by atoms with Crippen LogP contribution in [-0.4, -0.2) is 43.3 Å². The fourth-order valence-corrected chi connectivity index (χ4v) is 7.00. The Bertz CT molecular complexity index is 1750. The van der Waals surface area contributed by atoms with Crippen LogP contribution < -0.4 is 9.62 Å². The van der Waals surface area contributed by atoms with Gasteiger partial charge in [-0.05, 0) is 74.4 Å². The van der Waals surface area contributed by atoms with E-state index < -0.39 is 34.1 Å². The van der Waals surface area contributed by atoms with Crippen LogP contribution in [0.15, 0.2) is 112 Å². The topological polar surface area (TPSA) is 86.8 Å². The molecular weight excluding hydrogens is 697 g/mol. The molecule has 0 spiro atoms. The summed E-state index contributed by atoms with van der Waals surface area (Å²) in [4.78, 5) is 29.9. The second-order valence-electron chi connectivity index (χ2n) is 11.5. The third-order valence-corrected chi connectivity index (χ3v) is 9.70. The molecule has 4 aromatic rings. The van der Waals surface area contributed by atoms with Crippen LogP contribution in [0, 0.1) is 0 Å². The summed E-state index contributed by atoms with van der Waals surface area (Å²) in [5.74, 6) is -0.977.